The maximum atomic E-state index is 11.8. The Morgan fingerprint density at radius 2 is 1.96 bits per heavy atom. The highest BCUT2D eigenvalue weighted by atomic mass is 16.4. The normalized spacial score (nSPS) is 11.6. The van der Waals surface area contributed by atoms with Crippen LogP contribution in [0.15, 0.2) is 12.1 Å². The van der Waals surface area contributed by atoms with Crippen LogP contribution in [-0.4, -0.2) is 28.7 Å². The predicted molar refractivity (Wildman–Crippen MR) is 94.2 cm³/mol. The number of rotatable bonds is 7. The number of carbonyl (C=O) groups is 1. The zero-order valence-corrected chi connectivity index (χ0v) is 14.2. The van der Waals surface area contributed by atoms with Gasteiger partial charge in [0.1, 0.15) is 0 Å². The average molecular weight is 317 g/mol. The van der Waals surface area contributed by atoms with Gasteiger partial charge in [-0.05, 0) is 55.5 Å². The third-order valence-electron chi connectivity index (χ3n) is 4.45. The number of carboxylic acids is 1. The molecule has 0 spiro atoms. The van der Waals surface area contributed by atoms with Crippen molar-refractivity contribution in [2.75, 3.05) is 13.1 Å². The number of fused-ring (bicyclic) bond motifs is 1. The lowest BCUT2D eigenvalue weighted by atomic mass is 9.95. The third-order valence-corrected chi connectivity index (χ3v) is 4.45. The molecule has 0 aliphatic heterocycles. The molecule has 2 rings (SSSR count). The first kappa shape index (κ1) is 17.5. The van der Waals surface area contributed by atoms with Crippen LogP contribution >= 0.6 is 0 Å². The Labute approximate surface area is 137 Å². The van der Waals surface area contributed by atoms with Crippen LogP contribution < -0.4 is 11.5 Å². The number of hydrogen-bond acceptors (Lipinski definition) is 3. The van der Waals surface area contributed by atoms with Gasteiger partial charge in [0.05, 0.1) is 11.1 Å². The summed E-state index contributed by atoms with van der Waals surface area (Å²) >= 11 is 0. The second-order valence-electron chi connectivity index (χ2n) is 6.32. The summed E-state index contributed by atoms with van der Waals surface area (Å²) < 4.78 is 2.05. The van der Waals surface area contributed by atoms with Crippen molar-refractivity contribution in [3.05, 3.63) is 34.5 Å². The smallest absolute Gasteiger partial charge is 0.337 e. The number of hydrogen-bond donors (Lipinski definition) is 3. The van der Waals surface area contributed by atoms with E-state index >= 15 is 0 Å². The number of nitrogens with two attached hydrogens (primary N) is 2. The maximum Gasteiger partial charge on any atom is 0.337 e. The molecule has 0 amide bonds. The van der Waals surface area contributed by atoms with Gasteiger partial charge in [-0.2, -0.15) is 0 Å². The number of carboxylic acid groups (broad SMARTS) is 1. The van der Waals surface area contributed by atoms with Gasteiger partial charge in [-0.15, -0.1) is 0 Å². The molecule has 5 heteroatoms. The lowest BCUT2D eigenvalue weighted by molar-refractivity contribution is 0.0698. The molecule has 0 saturated heterocycles. The number of aromatic nitrogens is 1. The fourth-order valence-corrected chi connectivity index (χ4v) is 3.20. The molecule has 0 bridgehead atoms. The molecule has 5 N–H and O–H groups in total. The monoisotopic (exact) mass is 317 g/mol. The Hall–Kier alpha value is -1.85. The van der Waals surface area contributed by atoms with Gasteiger partial charge in [0.15, 0.2) is 0 Å². The molecular weight excluding hydrogens is 290 g/mol. The van der Waals surface area contributed by atoms with Crippen LogP contribution in [0.4, 0.5) is 0 Å². The lowest BCUT2D eigenvalue weighted by Gasteiger charge is -2.11. The van der Waals surface area contributed by atoms with Gasteiger partial charge in [-0.25, -0.2) is 4.79 Å². The van der Waals surface area contributed by atoms with E-state index in [0.717, 1.165) is 35.0 Å². The van der Waals surface area contributed by atoms with Gasteiger partial charge in [0.2, 0.25) is 0 Å². The molecule has 1 aromatic heterocycles. The highest BCUT2D eigenvalue weighted by Gasteiger charge is 2.21. The third kappa shape index (κ3) is 3.26. The van der Waals surface area contributed by atoms with Gasteiger partial charge in [0, 0.05) is 24.2 Å². The van der Waals surface area contributed by atoms with Crippen LogP contribution in [0.1, 0.15) is 53.4 Å². The van der Waals surface area contributed by atoms with E-state index in [-0.39, 0.29) is 5.92 Å². The summed E-state index contributed by atoms with van der Waals surface area (Å²) in [5, 5.41) is 10.7. The fourth-order valence-electron chi connectivity index (χ4n) is 3.20. The molecule has 0 atom stereocenters. The zero-order valence-electron chi connectivity index (χ0n) is 14.2. The molecule has 2 aromatic rings. The number of nitrogens with zero attached hydrogens (tertiary/aromatic N) is 1. The SMILES string of the molecule is Cc1c(CCCN)c2cc(C(C)C)cc(C(=O)O)c2n1CCN. The Bertz CT molecular complexity index is 717. The van der Waals surface area contributed by atoms with E-state index in [1.54, 1.807) is 6.07 Å². The van der Waals surface area contributed by atoms with Crippen molar-refractivity contribution >= 4 is 16.9 Å². The van der Waals surface area contributed by atoms with Crippen LogP contribution in [-0.2, 0) is 13.0 Å². The fraction of sp³-hybridized carbons (Fsp3) is 0.500. The number of aromatic carboxylic acids is 1. The van der Waals surface area contributed by atoms with E-state index in [9.17, 15) is 9.90 Å². The molecule has 0 aliphatic carbocycles. The molecule has 1 aromatic carbocycles. The van der Waals surface area contributed by atoms with Crippen LogP contribution in [0.5, 0.6) is 0 Å². The standard InChI is InChI=1S/C18H27N3O2/c1-11(2)13-9-15-14(5-4-6-19)12(3)21(8-7-20)17(15)16(10-13)18(22)23/h9-11H,4-8,19-20H2,1-3H3,(H,22,23). The molecular formula is C18H27N3O2. The molecule has 0 aliphatic rings. The summed E-state index contributed by atoms with van der Waals surface area (Å²) in [6.45, 7) is 7.92. The summed E-state index contributed by atoms with van der Waals surface area (Å²) in [7, 11) is 0. The lowest BCUT2D eigenvalue weighted by Crippen LogP contribution is -2.13. The van der Waals surface area contributed by atoms with Crippen LogP contribution in [0.3, 0.4) is 0 Å². The largest absolute Gasteiger partial charge is 0.478 e. The van der Waals surface area contributed by atoms with E-state index in [2.05, 4.69) is 24.5 Å². The highest BCUT2D eigenvalue weighted by molar-refractivity contribution is 6.04. The Balaban J connectivity index is 2.83. The Morgan fingerprint density at radius 3 is 2.48 bits per heavy atom. The van der Waals surface area contributed by atoms with Crippen LogP contribution in [0.2, 0.25) is 0 Å². The van der Waals surface area contributed by atoms with E-state index in [1.165, 1.54) is 5.56 Å². The van der Waals surface area contributed by atoms with E-state index in [1.807, 2.05) is 6.92 Å². The molecule has 1 heterocycles. The Kier molecular flexibility index (Phi) is 5.44. The van der Waals surface area contributed by atoms with Gasteiger partial charge >= 0.3 is 5.97 Å². The summed E-state index contributed by atoms with van der Waals surface area (Å²) in [5.41, 5.74) is 15.9. The summed E-state index contributed by atoms with van der Waals surface area (Å²) in [6.07, 6.45) is 1.74. The van der Waals surface area contributed by atoms with Crippen molar-refractivity contribution in [3.63, 3.8) is 0 Å². The van der Waals surface area contributed by atoms with Gasteiger partial charge in [-0.3, -0.25) is 0 Å². The van der Waals surface area contributed by atoms with Crippen molar-refractivity contribution in [3.8, 4) is 0 Å². The van der Waals surface area contributed by atoms with Gasteiger partial charge in [0.25, 0.3) is 0 Å². The van der Waals surface area contributed by atoms with Crippen molar-refractivity contribution in [1.29, 1.82) is 0 Å². The summed E-state index contributed by atoms with van der Waals surface area (Å²) in [5.74, 6) is -0.614. The zero-order chi connectivity index (χ0) is 17.1. The predicted octanol–water partition coefficient (Wildman–Crippen LogP) is 2.62. The summed E-state index contributed by atoms with van der Waals surface area (Å²) in [4.78, 5) is 11.8. The van der Waals surface area contributed by atoms with Gasteiger partial charge in [-0.1, -0.05) is 13.8 Å². The van der Waals surface area contributed by atoms with Crippen molar-refractivity contribution in [2.45, 2.75) is 46.1 Å². The minimum absolute atomic E-state index is 0.276. The number of benzene rings is 1. The summed E-state index contributed by atoms with van der Waals surface area (Å²) in [6, 6.07) is 3.94. The van der Waals surface area contributed by atoms with Crippen molar-refractivity contribution < 1.29 is 9.90 Å². The van der Waals surface area contributed by atoms with Crippen molar-refractivity contribution in [1.82, 2.24) is 4.57 Å². The van der Waals surface area contributed by atoms with E-state index in [4.69, 9.17) is 11.5 Å². The minimum Gasteiger partial charge on any atom is -0.478 e. The topological polar surface area (TPSA) is 94.3 Å². The second kappa shape index (κ2) is 7.15. The molecule has 0 fully saturated rings. The minimum atomic E-state index is -0.890. The van der Waals surface area contributed by atoms with E-state index in [0.29, 0.717) is 25.2 Å². The molecule has 126 valence electrons. The maximum absolute atomic E-state index is 11.8. The first-order valence-corrected chi connectivity index (χ1v) is 8.21. The average Bonchev–Trinajstić information content (AvgIpc) is 2.77. The Morgan fingerprint density at radius 1 is 1.26 bits per heavy atom. The quantitative estimate of drug-likeness (QED) is 0.731. The molecule has 0 unspecified atom stereocenters. The molecule has 0 radical (unpaired) electrons. The van der Waals surface area contributed by atoms with Crippen molar-refractivity contribution in [2.24, 2.45) is 11.5 Å². The number of aryl methyl sites for hydroxylation is 1. The van der Waals surface area contributed by atoms with E-state index < -0.39 is 5.97 Å². The first-order valence-electron chi connectivity index (χ1n) is 8.21. The molecule has 0 saturated carbocycles. The molecule has 5 nitrogen and oxygen atoms in total. The van der Waals surface area contributed by atoms with Crippen LogP contribution in [0.25, 0.3) is 10.9 Å². The first-order chi connectivity index (χ1) is 10.9. The van der Waals surface area contributed by atoms with Gasteiger partial charge < -0.3 is 21.1 Å². The highest BCUT2D eigenvalue weighted by Crippen LogP contribution is 2.33. The molecule has 23 heavy (non-hydrogen) atoms. The second-order valence-corrected chi connectivity index (χ2v) is 6.32. The van der Waals surface area contributed by atoms with Crippen LogP contribution in [0, 0.1) is 6.92 Å².